The van der Waals surface area contributed by atoms with Crippen molar-refractivity contribution in [3.63, 3.8) is 0 Å². The number of pyridine rings is 1. The number of aromatic nitrogens is 3. The van der Waals surface area contributed by atoms with Crippen LogP contribution in [-0.4, -0.2) is 20.7 Å². The number of rotatable bonds is 4. The Morgan fingerprint density at radius 2 is 1.96 bits per heavy atom. The Morgan fingerprint density at radius 3 is 2.82 bits per heavy atom. The number of carbonyl (C=O) groups is 1. The number of hydrogen-bond acceptors (Lipinski definition) is 3. The zero-order valence-corrected chi connectivity index (χ0v) is 16.1. The number of benzene rings is 1. The smallest absolute Gasteiger partial charge is 0.251 e. The average molecular weight is 372 g/mol. The van der Waals surface area contributed by atoms with Crippen molar-refractivity contribution < 1.29 is 4.79 Å². The van der Waals surface area contributed by atoms with Gasteiger partial charge in [-0.1, -0.05) is 31.0 Å². The Bertz CT molecular complexity index is 1050. The van der Waals surface area contributed by atoms with Gasteiger partial charge in [0.15, 0.2) is 0 Å². The van der Waals surface area contributed by atoms with Gasteiger partial charge >= 0.3 is 0 Å². The summed E-state index contributed by atoms with van der Waals surface area (Å²) in [5, 5.41) is 7.49. The summed E-state index contributed by atoms with van der Waals surface area (Å²) in [6.07, 6.45) is 9.38. The molecule has 0 spiro atoms. The van der Waals surface area contributed by atoms with E-state index in [1.807, 2.05) is 31.3 Å². The van der Waals surface area contributed by atoms with Crippen molar-refractivity contribution in [3.8, 4) is 22.4 Å². The largest absolute Gasteiger partial charge is 0.348 e. The third-order valence-corrected chi connectivity index (χ3v) is 5.97. The van der Waals surface area contributed by atoms with Crippen LogP contribution < -0.4 is 5.32 Å². The molecule has 1 aliphatic carbocycles. The first-order valence-corrected chi connectivity index (χ1v) is 10.1. The molecule has 0 bridgehead atoms. The maximum atomic E-state index is 12.1. The lowest BCUT2D eigenvalue weighted by Crippen LogP contribution is -2.12. The molecule has 0 saturated heterocycles. The third kappa shape index (κ3) is 3.11. The summed E-state index contributed by atoms with van der Waals surface area (Å²) in [5.74, 6) is 0.744. The van der Waals surface area contributed by atoms with Crippen molar-refractivity contribution in [3.05, 3.63) is 59.5 Å². The number of amides is 1. The van der Waals surface area contributed by atoms with Gasteiger partial charge in [0.2, 0.25) is 0 Å². The molecule has 5 rings (SSSR count). The molecule has 2 aliphatic rings. The van der Waals surface area contributed by atoms with Crippen molar-refractivity contribution in [2.45, 2.75) is 45.7 Å². The molecule has 1 aliphatic heterocycles. The van der Waals surface area contributed by atoms with Crippen LogP contribution >= 0.6 is 0 Å². The van der Waals surface area contributed by atoms with E-state index in [4.69, 9.17) is 4.98 Å². The first kappa shape index (κ1) is 17.2. The molecule has 1 saturated carbocycles. The SMILES string of the molecule is Cc1ccc(-c2cnn(CC3CCCC3)c2)c(-c2ccc3c(c2)C(=O)NC3)n1. The van der Waals surface area contributed by atoms with Gasteiger partial charge in [-0.3, -0.25) is 14.5 Å². The van der Waals surface area contributed by atoms with E-state index in [0.717, 1.165) is 51.7 Å². The molecule has 0 radical (unpaired) electrons. The van der Waals surface area contributed by atoms with E-state index < -0.39 is 0 Å². The van der Waals surface area contributed by atoms with E-state index in [2.05, 4.69) is 33.4 Å². The van der Waals surface area contributed by atoms with Crippen molar-refractivity contribution in [1.82, 2.24) is 20.1 Å². The minimum Gasteiger partial charge on any atom is -0.348 e. The van der Waals surface area contributed by atoms with Gasteiger partial charge in [0.25, 0.3) is 5.91 Å². The van der Waals surface area contributed by atoms with Gasteiger partial charge in [-0.15, -0.1) is 0 Å². The van der Waals surface area contributed by atoms with E-state index in [-0.39, 0.29) is 5.91 Å². The van der Waals surface area contributed by atoms with E-state index in [0.29, 0.717) is 6.54 Å². The second kappa shape index (κ2) is 6.89. The van der Waals surface area contributed by atoms with Crippen LogP contribution in [0.4, 0.5) is 0 Å². The predicted octanol–water partition coefficient (Wildman–Crippen LogP) is 4.35. The molecule has 1 aromatic carbocycles. The maximum Gasteiger partial charge on any atom is 0.251 e. The van der Waals surface area contributed by atoms with Crippen molar-refractivity contribution in [1.29, 1.82) is 0 Å². The zero-order valence-electron chi connectivity index (χ0n) is 16.1. The molecule has 2 aromatic heterocycles. The zero-order chi connectivity index (χ0) is 19.1. The molecule has 1 N–H and O–H groups in total. The number of hydrogen-bond donors (Lipinski definition) is 1. The Hall–Kier alpha value is -2.95. The summed E-state index contributed by atoms with van der Waals surface area (Å²) < 4.78 is 2.07. The van der Waals surface area contributed by atoms with Gasteiger partial charge in [-0.05, 0) is 43.4 Å². The first-order valence-electron chi connectivity index (χ1n) is 10.1. The van der Waals surface area contributed by atoms with Gasteiger partial charge < -0.3 is 5.32 Å². The molecular formula is C23H24N4O. The highest BCUT2D eigenvalue weighted by atomic mass is 16.1. The van der Waals surface area contributed by atoms with Crippen LogP contribution in [0.15, 0.2) is 42.7 Å². The summed E-state index contributed by atoms with van der Waals surface area (Å²) in [5.41, 5.74) is 6.77. The van der Waals surface area contributed by atoms with E-state index >= 15 is 0 Å². The summed E-state index contributed by atoms with van der Waals surface area (Å²) in [6, 6.07) is 10.2. The van der Waals surface area contributed by atoms with E-state index in [9.17, 15) is 4.79 Å². The fourth-order valence-corrected chi connectivity index (χ4v) is 4.43. The monoisotopic (exact) mass is 372 g/mol. The molecule has 0 atom stereocenters. The number of nitrogens with one attached hydrogen (secondary N) is 1. The second-order valence-corrected chi connectivity index (χ2v) is 8.00. The maximum absolute atomic E-state index is 12.1. The van der Waals surface area contributed by atoms with Gasteiger partial charge in [-0.25, -0.2) is 0 Å². The summed E-state index contributed by atoms with van der Waals surface area (Å²) in [7, 11) is 0. The minimum atomic E-state index is -0.00423. The highest BCUT2D eigenvalue weighted by molar-refractivity contribution is 5.99. The topological polar surface area (TPSA) is 59.8 Å². The van der Waals surface area contributed by atoms with Gasteiger partial charge in [-0.2, -0.15) is 5.10 Å². The lowest BCUT2D eigenvalue weighted by Gasteiger charge is -2.10. The van der Waals surface area contributed by atoms with Crippen LogP contribution in [0.5, 0.6) is 0 Å². The molecular weight excluding hydrogens is 348 g/mol. The Kier molecular flexibility index (Phi) is 4.23. The molecule has 28 heavy (non-hydrogen) atoms. The molecule has 1 amide bonds. The van der Waals surface area contributed by atoms with Crippen molar-refractivity contribution >= 4 is 5.91 Å². The normalized spacial score (nSPS) is 16.4. The molecule has 3 aromatic rings. The number of carbonyl (C=O) groups excluding carboxylic acids is 1. The molecule has 5 heteroatoms. The van der Waals surface area contributed by atoms with Crippen LogP contribution in [0.25, 0.3) is 22.4 Å². The fourth-order valence-electron chi connectivity index (χ4n) is 4.43. The van der Waals surface area contributed by atoms with Crippen LogP contribution in [0.1, 0.15) is 47.3 Å². The Balaban J connectivity index is 1.52. The van der Waals surface area contributed by atoms with Crippen LogP contribution in [-0.2, 0) is 13.1 Å². The third-order valence-electron chi connectivity index (χ3n) is 5.97. The molecule has 5 nitrogen and oxygen atoms in total. The molecule has 142 valence electrons. The molecule has 0 unspecified atom stereocenters. The Morgan fingerprint density at radius 1 is 1.11 bits per heavy atom. The second-order valence-electron chi connectivity index (χ2n) is 8.00. The van der Waals surface area contributed by atoms with Crippen LogP contribution in [0.2, 0.25) is 0 Å². The van der Waals surface area contributed by atoms with Gasteiger partial charge in [0, 0.05) is 47.2 Å². The lowest BCUT2D eigenvalue weighted by molar-refractivity contribution is 0.0966. The summed E-state index contributed by atoms with van der Waals surface area (Å²) in [6.45, 7) is 3.60. The van der Waals surface area contributed by atoms with Gasteiger partial charge in [0.05, 0.1) is 11.9 Å². The number of fused-ring (bicyclic) bond motifs is 1. The Labute approximate surface area is 164 Å². The van der Waals surface area contributed by atoms with Crippen molar-refractivity contribution in [2.75, 3.05) is 0 Å². The number of aryl methyl sites for hydroxylation is 1. The highest BCUT2D eigenvalue weighted by Crippen LogP contribution is 2.33. The van der Waals surface area contributed by atoms with E-state index in [1.165, 1.54) is 25.7 Å². The first-order chi connectivity index (χ1) is 13.7. The van der Waals surface area contributed by atoms with Crippen molar-refractivity contribution in [2.24, 2.45) is 5.92 Å². The standard InChI is InChI=1S/C23H24N4O/c1-15-6-9-20(19-12-25-27(14-19)13-16-4-2-3-5-16)22(26-15)17-7-8-18-11-24-23(28)21(18)10-17/h6-10,12,14,16H,2-5,11,13H2,1H3,(H,24,28). The number of nitrogens with zero attached hydrogens (tertiary/aromatic N) is 3. The summed E-state index contributed by atoms with van der Waals surface area (Å²) >= 11 is 0. The van der Waals surface area contributed by atoms with E-state index in [1.54, 1.807) is 0 Å². The van der Waals surface area contributed by atoms with Crippen LogP contribution in [0, 0.1) is 12.8 Å². The van der Waals surface area contributed by atoms with Crippen LogP contribution in [0.3, 0.4) is 0 Å². The average Bonchev–Trinajstić information content (AvgIpc) is 3.45. The molecule has 3 heterocycles. The quantitative estimate of drug-likeness (QED) is 0.740. The highest BCUT2D eigenvalue weighted by Gasteiger charge is 2.21. The van der Waals surface area contributed by atoms with Gasteiger partial charge in [0.1, 0.15) is 0 Å². The minimum absolute atomic E-state index is 0.00423. The molecule has 1 fully saturated rings. The summed E-state index contributed by atoms with van der Waals surface area (Å²) in [4.78, 5) is 16.9. The lowest BCUT2D eigenvalue weighted by atomic mass is 9.98. The fraction of sp³-hybridized carbons (Fsp3) is 0.348. The predicted molar refractivity (Wildman–Crippen MR) is 109 cm³/mol.